The molecule has 102 valence electrons. The second-order valence-corrected chi connectivity index (χ2v) is 6.08. The van der Waals surface area contributed by atoms with Crippen molar-refractivity contribution in [2.45, 2.75) is 39.3 Å². The lowest BCUT2D eigenvalue weighted by Gasteiger charge is -2.27. The van der Waals surface area contributed by atoms with Crippen LogP contribution in [0.4, 0.5) is 5.13 Å². The van der Waals surface area contributed by atoms with E-state index in [4.69, 9.17) is 5.73 Å². The Morgan fingerprint density at radius 3 is 2.94 bits per heavy atom. The Kier molecular flexibility index (Phi) is 4.59. The smallest absolute Gasteiger partial charge is 0.185 e. The van der Waals surface area contributed by atoms with E-state index in [1.165, 1.54) is 24.3 Å². The third-order valence-electron chi connectivity index (χ3n) is 3.78. The maximum Gasteiger partial charge on any atom is 0.185 e. The number of nitrogens with two attached hydrogens (primary N) is 1. The van der Waals surface area contributed by atoms with Crippen molar-refractivity contribution in [1.29, 1.82) is 0 Å². The Balaban J connectivity index is 2.00. The number of hydrogen-bond donors (Lipinski definition) is 1. The highest BCUT2D eigenvalue weighted by Gasteiger charge is 2.25. The van der Waals surface area contributed by atoms with Gasteiger partial charge in [0, 0.05) is 31.1 Å². The molecule has 0 spiro atoms. The fraction of sp³-hybridized carbons (Fsp3) is 0.769. The van der Waals surface area contributed by atoms with Gasteiger partial charge in [-0.3, -0.25) is 4.90 Å². The first-order chi connectivity index (χ1) is 8.65. The maximum atomic E-state index is 5.71. The summed E-state index contributed by atoms with van der Waals surface area (Å²) in [6.45, 7) is 8.37. The molecule has 1 aromatic heterocycles. The van der Waals surface area contributed by atoms with E-state index in [9.17, 15) is 0 Å². The lowest BCUT2D eigenvalue weighted by atomic mass is 10.2. The molecular weight excluding hydrogens is 244 g/mol. The number of aryl methyl sites for hydroxylation is 1. The van der Waals surface area contributed by atoms with Gasteiger partial charge in [-0.25, -0.2) is 4.98 Å². The van der Waals surface area contributed by atoms with Crippen LogP contribution >= 0.6 is 11.3 Å². The first-order valence-electron chi connectivity index (χ1n) is 6.77. The minimum absolute atomic E-state index is 0.599. The largest absolute Gasteiger partial charge is 0.350 e. The molecule has 1 saturated heterocycles. The molecule has 0 radical (unpaired) electrons. The molecule has 0 aliphatic carbocycles. The van der Waals surface area contributed by atoms with E-state index in [0.29, 0.717) is 12.6 Å². The zero-order valence-electron chi connectivity index (χ0n) is 11.6. The fourth-order valence-electron chi connectivity index (χ4n) is 2.68. The van der Waals surface area contributed by atoms with Crippen molar-refractivity contribution >= 4 is 16.5 Å². The second kappa shape index (κ2) is 5.99. The van der Waals surface area contributed by atoms with Gasteiger partial charge >= 0.3 is 0 Å². The van der Waals surface area contributed by atoms with Gasteiger partial charge in [0.05, 0.1) is 5.69 Å². The molecule has 5 heteroatoms. The summed E-state index contributed by atoms with van der Waals surface area (Å²) in [6, 6.07) is 0.686. The Morgan fingerprint density at radius 2 is 2.33 bits per heavy atom. The summed E-state index contributed by atoms with van der Waals surface area (Å²) in [5.41, 5.74) is 6.80. The van der Waals surface area contributed by atoms with Gasteiger partial charge in [-0.2, -0.15) is 0 Å². The molecule has 1 aliphatic rings. The lowest BCUT2D eigenvalue weighted by Crippen LogP contribution is -2.38. The van der Waals surface area contributed by atoms with E-state index in [-0.39, 0.29) is 0 Å². The summed E-state index contributed by atoms with van der Waals surface area (Å²) >= 11 is 1.73. The molecule has 0 saturated carbocycles. The van der Waals surface area contributed by atoms with Crippen LogP contribution in [0.5, 0.6) is 0 Å². The van der Waals surface area contributed by atoms with E-state index >= 15 is 0 Å². The second-order valence-electron chi connectivity index (χ2n) is 5.01. The van der Waals surface area contributed by atoms with Gasteiger partial charge in [-0.15, -0.1) is 11.3 Å². The van der Waals surface area contributed by atoms with E-state index in [1.54, 1.807) is 11.3 Å². The Bertz CT molecular complexity index is 390. The highest BCUT2D eigenvalue weighted by atomic mass is 32.1. The van der Waals surface area contributed by atoms with Crippen LogP contribution in [0.2, 0.25) is 0 Å². The Morgan fingerprint density at radius 1 is 1.56 bits per heavy atom. The quantitative estimate of drug-likeness (QED) is 0.885. The normalized spacial score (nSPS) is 20.6. The Labute approximate surface area is 114 Å². The van der Waals surface area contributed by atoms with Crippen molar-refractivity contribution in [3.05, 3.63) is 10.6 Å². The number of likely N-dealkylation sites (N-methyl/N-ethyl adjacent to an activating group) is 2. The number of likely N-dealkylation sites (tertiary alicyclic amines) is 1. The average Bonchev–Trinajstić information content (AvgIpc) is 2.95. The van der Waals surface area contributed by atoms with Crippen molar-refractivity contribution in [2.75, 3.05) is 31.6 Å². The first-order valence-corrected chi connectivity index (χ1v) is 7.59. The van der Waals surface area contributed by atoms with Crippen LogP contribution in [0.25, 0.3) is 0 Å². The molecular formula is C13H24N4S. The molecule has 2 rings (SSSR count). The molecule has 1 unspecified atom stereocenters. The summed E-state index contributed by atoms with van der Waals surface area (Å²) in [7, 11) is 2.14. The minimum atomic E-state index is 0.599. The number of anilines is 1. The number of hydrogen-bond acceptors (Lipinski definition) is 5. The molecule has 4 nitrogen and oxygen atoms in total. The third kappa shape index (κ3) is 2.84. The minimum Gasteiger partial charge on any atom is -0.350 e. The molecule has 1 aliphatic heterocycles. The topological polar surface area (TPSA) is 45.4 Å². The Hall–Kier alpha value is -0.650. The number of rotatable bonds is 5. The molecule has 1 atom stereocenters. The highest BCUT2D eigenvalue weighted by Crippen LogP contribution is 2.26. The van der Waals surface area contributed by atoms with Crippen molar-refractivity contribution in [1.82, 2.24) is 9.88 Å². The molecule has 0 amide bonds. The first kappa shape index (κ1) is 13.8. The van der Waals surface area contributed by atoms with Gasteiger partial charge in [-0.1, -0.05) is 6.92 Å². The molecule has 0 bridgehead atoms. The summed E-state index contributed by atoms with van der Waals surface area (Å²) in [5, 5.41) is 1.11. The van der Waals surface area contributed by atoms with Crippen molar-refractivity contribution < 1.29 is 0 Å². The lowest BCUT2D eigenvalue weighted by molar-refractivity contribution is 0.270. The average molecular weight is 268 g/mol. The van der Waals surface area contributed by atoms with E-state index in [1.807, 2.05) is 6.92 Å². The summed E-state index contributed by atoms with van der Waals surface area (Å²) in [4.78, 5) is 10.7. The van der Waals surface area contributed by atoms with Crippen LogP contribution in [-0.2, 0) is 6.54 Å². The van der Waals surface area contributed by atoms with Crippen LogP contribution in [0.1, 0.15) is 30.3 Å². The van der Waals surface area contributed by atoms with Gasteiger partial charge < -0.3 is 10.6 Å². The monoisotopic (exact) mass is 268 g/mol. The van der Waals surface area contributed by atoms with Crippen LogP contribution < -0.4 is 10.6 Å². The van der Waals surface area contributed by atoms with Gasteiger partial charge in [0.2, 0.25) is 0 Å². The SMILES string of the molecule is CCN1CCCC1CN(C)c1nc(C)c(CN)s1. The maximum absolute atomic E-state index is 5.71. The van der Waals surface area contributed by atoms with Crippen LogP contribution in [0, 0.1) is 6.92 Å². The molecule has 2 N–H and O–H groups in total. The summed E-state index contributed by atoms with van der Waals surface area (Å²) in [6.07, 6.45) is 2.64. The van der Waals surface area contributed by atoms with Crippen LogP contribution in [0.3, 0.4) is 0 Å². The van der Waals surface area contributed by atoms with Gasteiger partial charge in [0.15, 0.2) is 5.13 Å². The van der Waals surface area contributed by atoms with Crippen molar-refractivity contribution in [2.24, 2.45) is 5.73 Å². The van der Waals surface area contributed by atoms with Gasteiger partial charge in [0.1, 0.15) is 0 Å². The highest BCUT2D eigenvalue weighted by molar-refractivity contribution is 7.15. The van der Waals surface area contributed by atoms with Crippen molar-refractivity contribution in [3.8, 4) is 0 Å². The number of nitrogens with zero attached hydrogens (tertiary/aromatic N) is 3. The number of aromatic nitrogens is 1. The molecule has 1 aromatic rings. The zero-order valence-corrected chi connectivity index (χ0v) is 12.5. The predicted molar refractivity (Wildman–Crippen MR) is 78.3 cm³/mol. The van der Waals surface area contributed by atoms with E-state index in [0.717, 1.165) is 23.9 Å². The zero-order chi connectivity index (χ0) is 13.1. The number of thiazole rings is 1. The summed E-state index contributed by atoms with van der Waals surface area (Å²) in [5.74, 6) is 0. The molecule has 2 heterocycles. The van der Waals surface area contributed by atoms with E-state index < -0.39 is 0 Å². The van der Waals surface area contributed by atoms with Gasteiger partial charge in [0.25, 0.3) is 0 Å². The summed E-state index contributed by atoms with van der Waals surface area (Å²) < 4.78 is 0. The fourth-order valence-corrected chi connectivity index (χ4v) is 3.59. The predicted octanol–water partition coefficient (Wildman–Crippen LogP) is 1.83. The molecule has 18 heavy (non-hydrogen) atoms. The van der Waals surface area contributed by atoms with E-state index in [2.05, 4.69) is 28.8 Å². The third-order valence-corrected chi connectivity index (χ3v) is 5.08. The van der Waals surface area contributed by atoms with Gasteiger partial charge in [-0.05, 0) is 32.9 Å². The van der Waals surface area contributed by atoms with Crippen LogP contribution in [0.15, 0.2) is 0 Å². The van der Waals surface area contributed by atoms with Crippen LogP contribution in [-0.4, -0.2) is 42.6 Å². The standard InChI is InChI=1S/C13H24N4S/c1-4-17-7-5-6-11(17)9-16(3)13-15-10(2)12(8-14)18-13/h11H,4-9,14H2,1-3H3. The molecule has 1 fully saturated rings. The molecule has 0 aromatic carbocycles. The van der Waals surface area contributed by atoms with Crippen molar-refractivity contribution in [3.63, 3.8) is 0 Å².